The van der Waals surface area contributed by atoms with Gasteiger partial charge in [0.05, 0.1) is 5.69 Å². The van der Waals surface area contributed by atoms with Crippen LogP contribution in [0.15, 0.2) is 50.9 Å². The highest BCUT2D eigenvalue weighted by Gasteiger charge is 2.34. The Morgan fingerprint density at radius 1 is 1.22 bits per heavy atom. The van der Waals surface area contributed by atoms with Crippen molar-refractivity contribution >= 4 is 62.7 Å². The van der Waals surface area contributed by atoms with Crippen molar-refractivity contribution in [3.05, 3.63) is 52.2 Å². The van der Waals surface area contributed by atoms with Crippen LogP contribution in [0.4, 0.5) is 11.6 Å². The number of nitrogens with one attached hydrogen (secondary N) is 1. The number of carbonyl (C=O) groups excluding carboxylic acids is 2. The van der Waals surface area contributed by atoms with E-state index >= 15 is 0 Å². The van der Waals surface area contributed by atoms with E-state index in [1.54, 1.807) is 24.3 Å². The highest BCUT2D eigenvalue weighted by atomic mass is 79.9. The van der Waals surface area contributed by atoms with Gasteiger partial charge in [-0.2, -0.15) is 0 Å². The van der Waals surface area contributed by atoms with Crippen molar-refractivity contribution in [2.45, 2.75) is 13.8 Å². The zero-order valence-electron chi connectivity index (χ0n) is 14.9. The van der Waals surface area contributed by atoms with Crippen molar-refractivity contribution in [3.8, 4) is 0 Å². The number of anilines is 2. The maximum absolute atomic E-state index is 13.0. The van der Waals surface area contributed by atoms with Crippen LogP contribution in [0, 0.1) is 0 Å². The van der Waals surface area contributed by atoms with E-state index in [0.29, 0.717) is 17.3 Å². The number of halogens is 1. The molecule has 1 aromatic carbocycles. The molecule has 140 valence electrons. The van der Waals surface area contributed by atoms with E-state index in [-0.39, 0.29) is 10.7 Å². The third-order valence-electron chi connectivity index (χ3n) is 4.14. The van der Waals surface area contributed by atoms with Gasteiger partial charge in [-0.3, -0.25) is 19.8 Å². The molecule has 1 N–H and O–H groups in total. The molecule has 0 unspecified atom stereocenters. The van der Waals surface area contributed by atoms with Gasteiger partial charge in [-0.05, 0) is 56.4 Å². The second kappa shape index (κ2) is 8.06. The Morgan fingerprint density at radius 2 is 1.96 bits per heavy atom. The lowest BCUT2D eigenvalue weighted by molar-refractivity contribution is -0.122. The molecule has 0 atom stereocenters. The Balaban J connectivity index is 1.95. The number of nitrogens with zero attached hydrogens (tertiary/aromatic N) is 2. The minimum atomic E-state index is -0.544. The first-order chi connectivity index (χ1) is 12.9. The van der Waals surface area contributed by atoms with Gasteiger partial charge in [0.25, 0.3) is 11.8 Å². The number of carbonyl (C=O) groups is 2. The van der Waals surface area contributed by atoms with E-state index in [1.165, 1.54) is 11.0 Å². The molecular formula is C19H18BrN3O3S. The van der Waals surface area contributed by atoms with Gasteiger partial charge >= 0.3 is 0 Å². The van der Waals surface area contributed by atoms with Crippen LogP contribution in [0.1, 0.15) is 19.6 Å². The predicted octanol–water partition coefficient (Wildman–Crippen LogP) is 3.72. The van der Waals surface area contributed by atoms with Crippen molar-refractivity contribution in [1.29, 1.82) is 0 Å². The van der Waals surface area contributed by atoms with Crippen LogP contribution in [-0.2, 0) is 9.59 Å². The lowest BCUT2D eigenvalue weighted by Gasteiger charge is -2.28. The summed E-state index contributed by atoms with van der Waals surface area (Å²) in [6, 6.07) is 10.7. The fraction of sp³-hybridized carbons (Fsp3) is 0.211. The summed E-state index contributed by atoms with van der Waals surface area (Å²) < 4.78 is 6.57. The number of furan rings is 1. The maximum atomic E-state index is 13.0. The first kappa shape index (κ1) is 19.3. The van der Waals surface area contributed by atoms with Gasteiger partial charge in [0, 0.05) is 23.6 Å². The van der Waals surface area contributed by atoms with Crippen LogP contribution in [0.2, 0.25) is 0 Å². The standard InChI is InChI=1S/C19H18BrN3O3S/c1-3-22(4-2)16-9-8-14(26-16)11-15-17(24)21-19(27)23(18(15)25)13-7-5-6-12(20)10-13/h5-11H,3-4H2,1-2H3,(H,21,24,27)/b15-11+. The Morgan fingerprint density at radius 3 is 2.63 bits per heavy atom. The minimum absolute atomic E-state index is 0.0379. The zero-order chi connectivity index (χ0) is 19.6. The predicted molar refractivity (Wildman–Crippen MR) is 113 cm³/mol. The van der Waals surface area contributed by atoms with Crippen LogP contribution < -0.4 is 15.1 Å². The molecule has 2 heterocycles. The Hall–Kier alpha value is -2.45. The molecule has 0 saturated carbocycles. The molecule has 8 heteroatoms. The van der Waals surface area contributed by atoms with E-state index < -0.39 is 11.8 Å². The molecule has 3 rings (SSSR count). The van der Waals surface area contributed by atoms with Gasteiger partial charge < -0.3 is 9.32 Å². The maximum Gasteiger partial charge on any atom is 0.270 e. The molecule has 27 heavy (non-hydrogen) atoms. The second-order valence-corrected chi connectivity index (χ2v) is 7.09. The normalized spacial score (nSPS) is 16.0. The quantitative estimate of drug-likeness (QED) is 0.429. The molecule has 0 radical (unpaired) electrons. The van der Waals surface area contributed by atoms with E-state index in [0.717, 1.165) is 17.6 Å². The van der Waals surface area contributed by atoms with Gasteiger partial charge in [-0.25, -0.2) is 0 Å². The molecular weight excluding hydrogens is 430 g/mol. The summed E-state index contributed by atoms with van der Waals surface area (Å²) in [5.74, 6) is 0.0759. The number of hydrogen-bond donors (Lipinski definition) is 1. The first-order valence-corrected chi connectivity index (χ1v) is 9.66. The molecule has 0 spiro atoms. The molecule has 2 aromatic rings. The van der Waals surface area contributed by atoms with Crippen molar-refractivity contribution in [3.63, 3.8) is 0 Å². The Labute approximate surface area is 170 Å². The van der Waals surface area contributed by atoms with Crippen LogP contribution >= 0.6 is 28.1 Å². The topological polar surface area (TPSA) is 65.8 Å². The zero-order valence-corrected chi connectivity index (χ0v) is 17.3. The number of rotatable bonds is 5. The fourth-order valence-electron chi connectivity index (χ4n) is 2.77. The summed E-state index contributed by atoms with van der Waals surface area (Å²) in [4.78, 5) is 28.6. The van der Waals surface area contributed by atoms with Crippen LogP contribution in [0.25, 0.3) is 6.08 Å². The molecule has 1 saturated heterocycles. The molecule has 0 aliphatic carbocycles. The molecule has 1 aromatic heterocycles. The molecule has 1 aliphatic heterocycles. The fourth-order valence-corrected chi connectivity index (χ4v) is 3.44. The summed E-state index contributed by atoms with van der Waals surface area (Å²) in [5, 5.41) is 2.61. The second-order valence-electron chi connectivity index (χ2n) is 5.79. The summed E-state index contributed by atoms with van der Waals surface area (Å²) in [7, 11) is 0. The largest absolute Gasteiger partial charge is 0.441 e. The van der Waals surface area contributed by atoms with Crippen LogP contribution in [0.3, 0.4) is 0 Å². The Bertz CT molecular complexity index is 934. The van der Waals surface area contributed by atoms with Crippen LogP contribution in [0.5, 0.6) is 0 Å². The summed E-state index contributed by atoms with van der Waals surface area (Å²) in [6.07, 6.45) is 1.44. The summed E-state index contributed by atoms with van der Waals surface area (Å²) in [6.45, 7) is 5.65. The monoisotopic (exact) mass is 447 g/mol. The molecule has 1 fully saturated rings. The van der Waals surface area contributed by atoms with Gasteiger partial charge in [0.2, 0.25) is 0 Å². The van der Waals surface area contributed by atoms with Crippen LogP contribution in [-0.4, -0.2) is 30.0 Å². The third kappa shape index (κ3) is 3.96. The van der Waals surface area contributed by atoms with E-state index in [1.807, 2.05) is 30.9 Å². The van der Waals surface area contributed by atoms with E-state index in [2.05, 4.69) is 21.2 Å². The van der Waals surface area contributed by atoms with Crippen molar-refractivity contribution in [1.82, 2.24) is 5.32 Å². The lowest BCUT2D eigenvalue weighted by Crippen LogP contribution is -2.54. The number of amides is 2. The van der Waals surface area contributed by atoms with Crippen molar-refractivity contribution in [2.24, 2.45) is 0 Å². The lowest BCUT2D eigenvalue weighted by atomic mass is 10.1. The van der Waals surface area contributed by atoms with Gasteiger partial charge in [-0.1, -0.05) is 22.0 Å². The van der Waals surface area contributed by atoms with Gasteiger partial charge in [0.15, 0.2) is 11.0 Å². The third-order valence-corrected chi connectivity index (χ3v) is 4.92. The smallest absolute Gasteiger partial charge is 0.270 e. The number of benzene rings is 1. The number of hydrogen-bond acceptors (Lipinski definition) is 5. The number of thiocarbonyl (C=S) groups is 1. The summed E-state index contributed by atoms with van der Waals surface area (Å²) in [5.41, 5.74) is 0.526. The van der Waals surface area contributed by atoms with Crippen molar-refractivity contribution < 1.29 is 14.0 Å². The molecule has 0 bridgehead atoms. The average molecular weight is 448 g/mol. The minimum Gasteiger partial charge on any atom is -0.441 e. The summed E-state index contributed by atoms with van der Waals surface area (Å²) >= 11 is 8.57. The van der Waals surface area contributed by atoms with Crippen molar-refractivity contribution in [2.75, 3.05) is 22.9 Å². The first-order valence-electron chi connectivity index (χ1n) is 8.46. The highest BCUT2D eigenvalue weighted by molar-refractivity contribution is 9.10. The van der Waals surface area contributed by atoms with Gasteiger partial charge in [0.1, 0.15) is 11.3 Å². The molecule has 6 nitrogen and oxygen atoms in total. The van der Waals surface area contributed by atoms with Gasteiger partial charge in [-0.15, -0.1) is 0 Å². The van der Waals surface area contributed by atoms with E-state index in [9.17, 15) is 9.59 Å². The molecule has 2 amide bonds. The van der Waals surface area contributed by atoms with E-state index in [4.69, 9.17) is 16.6 Å². The average Bonchev–Trinajstić information content (AvgIpc) is 3.08. The highest BCUT2D eigenvalue weighted by Crippen LogP contribution is 2.26. The SMILES string of the molecule is CCN(CC)c1ccc(/C=C2\C(=O)NC(=S)N(c3cccc(Br)c3)C2=O)o1. The Kier molecular flexibility index (Phi) is 5.76. The molecule has 1 aliphatic rings.